The molecule has 0 aliphatic carbocycles. The van der Waals surface area contributed by atoms with Gasteiger partial charge in [0.05, 0.1) is 19.3 Å². The molecule has 0 unspecified atom stereocenters. The van der Waals surface area contributed by atoms with E-state index in [0.29, 0.717) is 19.1 Å². The summed E-state index contributed by atoms with van der Waals surface area (Å²) in [7, 11) is 0. The number of hydrogen-bond donors (Lipinski definition) is 1. The van der Waals surface area contributed by atoms with E-state index in [1.54, 1.807) is 0 Å². The van der Waals surface area contributed by atoms with Gasteiger partial charge < -0.3 is 9.84 Å². The molecule has 1 fully saturated rings. The van der Waals surface area contributed by atoms with Crippen LogP contribution in [-0.2, 0) is 4.74 Å². The molecule has 1 aliphatic rings. The Kier molecular flexibility index (Phi) is 3.41. The van der Waals surface area contributed by atoms with Crippen LogP contribution in [0.15, 0.2) is 0 Å². The minimum atomic E-state index is -0.257. The molecule has 0 aromatic heterocycles. The molecule has 0 radical (unpaired) electrons. The van der Waals surface area contributed by atoms with Gasteiger partial charge in [0.1, 0.15) is 0 Å². The van der Waals surface area contributed by atoms with Gasteiger partial charge in [-0.2, -0.15) is 0 Å². The highest BCUT2D eigenvalue weighted by atomic mass is 16.5. The first-order valence-electron chi connectivity index (χ1n) is 4.04. The van der Waals surface area contributed by atoms with Gasteiger partial charge in [-0.3, -0.25) is 0 Å². The molecule has 0 aromatic rings. The van der Waals surface area contributed by atoms with Gasteiger partial charge in [-0.1, -0.05) is 0 Å². The van der Waals surface area contributed by atoms with Gasteiger partial charge in [-0.15, -0.1) is 12.3 Å². The van der Waals surface area contributed by atoms with Crippen LogP contribution in [0, 0.1) is 18.3 Å². The fourth-order valence-corrected chi connectivity index (χ4v) is 1.33. The molecule has 0 aromatic carbocycles. The Hall–Kier alpha value is -0.520. The molecule has 2 atom stereocenters. The van der Waals surface area contributed by atoms with Crippen LogP contribution in [-0.4, -0.2) is 24.4 Å². The van der Waals surface area contributed by atoms with Crippen molar-refractivity contribution in [2.75, 3.05) is 13.2 Å². The van der Waals surface area contributed by atoms with Crippen molar-refractivity contribution in [2.45, 2.75) is 25.4 Å². The number of ether oxygens (including phenoxy) is 1. The zero-order valence-electron chi connectivity index (χ0n) is 6.62. The quantitative estimate of drug-likeness (QED) is 0.481. The molecule has 1 N–H and O–H groups in total. The first-order chi connectivity index (χ1) is 5.34. The summed E-state index contributed by atoms with van der Waals surface area (Å²) in [6.07, 6.45) is 7.65. The van der Waals surface area contributed by atoms with E-state index in [0.717, 1.165) is 19.3 Å². The standard InChI is InChI=1S/C9H14O2/c1-2-3-4-5-8-6-11-7-9(8)10/h1,8-10H,3-7H2/t8-,9-/m1/s1. The molecule has 0 spiro atoms. The van der Waals surface area contributed by atoms with Gasteiger partial charge in [0.2, 0.25) is 0 Å². The highest BCUT2D eigenvalue weighted by molar-refractivity contribution is 4.84. The number of aliphatic hydroxyl groups excluding tert-OH is 1. The Balaban J connectivity index is 2.11. The summed E-state index contributed by atoms with van der Waals surface area (Å²) < 4.78 is 5.10. The summed E-state index contributed by atoms with van der Waals surface area (Å²) in [6, 6.07) is 0. The Morgan fingerprint density at radius 3 is 2.91 bits per heavy atom. The van der Waals surface area contributed by atoms with Crippen molar-refractivity contribution in [3.05, 3.63) is 0 Å². The lowest BCUT2D eigenvalue weighted by atomic mass is 9.99. The average Bonchev–Trinajstić information content (AvgIpc) is 2.37. The third-order valence-corrected chi connectivity index (χ3v) is 2.06. The lowest BCUT2D eigenvalue weighted by molar-refractivity contribution is 0.117. The van der Waals surface area contributed by atoms with E-state index in [4.69, 9.17) is 11.2 Å². The molecule has 11 heavy (non-hydrogen) atoms. The second kappa shape index (κ2) is 4.38. The van der Waals surface area contributed by atoms with Crippen LogP contribution in [0.5, 0.6) is 0 Å². The molecule has 1 heterocycles. The predicted molar refractivity (Wildman–Crippen MR) is 43.0 cm³/mol. The summed E-state index contributed by atoms with van der Waals surface area (Å²) >= 11 is 0. The minimum absolute atomic E-state index is 0.257. The van der Waals surface area contributed by atoms with Crippen molar-refractivity contribution in [1.29, 1.82) is 0 Å². The van der Waals surface area contributed by atoms with Crippen LogP contribution in [0.1, 0.15) is 19.3 Å². The van der Waals surface area contributed by atoms with Gasteiger partial charge in [-0.25, -0.2) is 0 Å². The first-order valence-corrected chi connectivity index (χ1v) is 4.04. The van der Waals surface area contributed by atoms with Gasteiger partial charge in [0.25, 0.3) is 0 Å². The molecular formula is C9H14O2. The molecule has 1 rings (SSSR count). The monoisotopic (exact) mass is 154 g/mol. The maximum absolute atomic E-state index is 9.31. The fourth-order valence-electron chi connectivity index (χ4n) is 1.33. The molecule has 1 saturated heterocycles. The van der Waals surface area contributed by atoms with Gasteiger partial charge in [-0.05, 0) is 12.8 Å². The maximum atomic E-state index is 9.31. The molecule has 0 amide bonds. The molecule has 1 aliphatic heterocycles. The second-order valence-corrected chi connectivity index (χ2v) is 2.96. The van der Waals surface area contributed by atoms with Gasteiger partial charge >= 0.3 is 0 Å². The molecular weight excluding hydrogens is 140 g/mol. The lowest BCUT2D eigenvalue weighted by Crippen LogP contribution is -2.17. The van der Waals surface area contributed by atoms with Crippen LogP contribution in [0.4, 0.5) is 0 Å². The minimum Gasteiger partial charge on any atom is -0.390 e. The number of unbranched alkanes of at least 4 members (excludes halogenated alkanes) is 1. The summed E-state index contributed by atoms with van der Waals surface area (Å²) in [5, 5.41) is 9.31. The predicted octanol–water partition coefficient (Wildman–Crippen LogP) is 0.797. The van der Waals surface area contributed by atoms with E-state index >= 15 is 0 Å². The SMILES string of the molecule is C#CCCC[C@@H]1COC[C@H]1O. The maximum Gasteiger partial charge on any atom is 0.0823 e. The van der Waals surface area contributed by atoms with Crippen LogP contribution < -0.4 is 0 Å². The number of terminal acetylenes is 1. The van der Waals surface area contributed by atoms with Crippen LogP contribution >= 0.6 is 0 Å². The Labute approximate surface area is 67.6 Å². The van der Waals surface area contributed by atoms with E-state index in [2.05, 4.69) is 5.92 Å². The number of hydrogen-bond acceptors (Lipinski definition) is 2. The Bertz CT molecular complexity index is 148. The molecule has 2 nitrogen and oxygen atoms in total. The van der Waals surface area contributed by atoms with E-state index in [9.17, 15) is 5.11 Å². The van der Waals surface area contributed by atoms with Crippen LogP contribution in [0.2, 0.25) is 0 Å². The van der Waals surface area contributed by atoms with Gasteiger partial charge in [0, 0.05) is 12.3 Å². The summed E-state index contributed by atoms with van der Waals surface area (Å²) in [5.74, 6) is 2.91. The van der Waals surface area contributed by atoms with Crippen molar-refractivity contribution in [3.63, 3.8) is 0 Å². The van der Waals surface area contributed by atoms with Crippen LogP contribution in [0.3, 0.4) is 0 Å². The zero-order valence-corrected chi connectivity index (χ0v) is 6.62. The average molecular weight is 154 g/mol. The van der Waals surface area contributed by atoms with E-state index in [1.165, 1.54) is 0 Å². The van der Waals surface area contributed by atoms with Crippen LogP contribution in [0.25, 0.3) is 0 Å². The summed E-state index contributed by atoms with van der Waals surface area (Å²) in [6.45, 7) is 1.20. The second-order valence-electron chi connectivity index (χ2n) is 2.96. The fraction of sp³-hybridized carbons (Fsp3) is 0.778. The number of rotatable bonds is 3. The van der Waals surface area contributed by atoms with Crippen molar-refractivity contribution < 1.29 is 9.84 Å². The third kappa shape index (κ3) is 2.53. The van der Waals surface area contributed by atoms with Crippen molar-refractivity contribution >= 4 is 0 Å². The Morgan fingerprint density at radius 2 is 2.36 bits per heavy atom. The Morgan fingerprint density at radius 1 is 1.55 bits per heavy atom. The smallest absolute Gasteiger partial charge is 0.0823 e. The van der Waals surface area contributed by atoms with E-state index in [-0.39, 0.29) is 6.10 Å². The van der Waals surface area contributed by atoms with Gasteiger partial charge in [0.15, 0.2) is 0 Å². The van der Waals surface area contributed by atoms with Crippen molar-refractivity contribution in [2.24, 2.45) is 5.92 Å². The van der Waals surface area contributed by atoms with Crippen molar-refractivity contribution in [3.8, 4) is 12.3 Å². The molecule has 0 saturated carbocycles. The third-order valence-electron chi connectivity index (χ3n) is 2.06. The summed E-state index contributed by atoms with van der Waals surface area (Å²) in [5.41, 5.74) is 0. The zero-order chi connectivity index (χ0) is 8.10. The normalized spacial score (nSPS) is 30.2. The molecule has 0 bridgehead atoms. The topological polar surface area (TPSA) is 29.5 Å². The van der Waals surface area contributed by atoms with E-state index in [1.807, 2.05) is 0 Å². The first kappa shape index (κ1) is 8.58. The number of aliphatic hydroxyl groups is 1. The highest BCUT2D eigenvalue weighted by Crippen LogP contribution is 2.19. The largest absolute Gasteiger partial charge is 0.390 e. The highest BCUT2D eigenvalue weighted by Gasteiger charge is 2.24. The van der Waals surface area contributed by atoms with Crippen molar-refractivity contribution in [1.82, 2.24) is 0 Å². The van der Waals surface area contributed by atoms with E-state index < -0.39 is 0 Å². The summed E-state index contributed by atoms with van der Waals surface area (Å²) in [4.78, 5) is 0. The molecule has 2 heteroatoms. The lowest BCUT2D eigenvalue weighted by Gasteiger charge is -2.09. The molecule has 62 valence electrons.